The second kappa shape index (κ2) is 5.50. The van der Waals surface area contributed by atoms with Gasteiger partial charge in [-0.25, -0.2) is 4.79 Å². The Morgan fingerprint density at radius 2 is 2.00 bits per heavy atom. The summed E-state index contributed by atoms with van der Waals surface area (Å²) in [4.78, 5) is 21.2. The van der Waals surface area contributed by atoms with Gasteiger partial charge in [-0.1, -0.05) is 0 Å². The Kier molecular flexibility index (Phi) is 4.98. The molecule has 0 unspecified atom stereocenters. The number of carbonyl (C=O) groups excluding carboxylic acids is 1. The molecule has 0 spiro atoms. The Labute approximate surface area is 69.9 Å². The minimum atomic E-state index is -1.14. The van der Waals surface area contributed by atoms with E-state index in [2.05, 4.69) is 5.32 Å². The van der Waals surface area contributed by atoms with Crippen molar-refractivity contribution in [3.63, 3.8) is 0 Å². The Balaban J connectivity index is 3.85. The molecule has 70 valence electrons. The van der Waals surface area contributed by atoms with Gasteiger partial charge in [-0.15, -0.1) is 0 Å². The molecule has 12 heavy (non-hydrogen) atoms. The maximum Gasteiger partial charge on any atom is 0.327 e. The van der Waals surface area contributed by atoms with Crippen LogP contribution in [-0.2, 0) is 9.59 Å². The molecule has 0 saturated heterocycles. The standard InChI is InChI=1S/C6H13N3O3/c7-2-1-5(10)9-4(3-8)6(11)12/h4H,1-3,7-8H2,(H,9,10)(H,11,12)/t4-/m0/s1. The molecule has 1 atom stereocenters. The van der Waals surface area contributed by atoms with E-state index in [0.29, 0.717) is 0 Å². The molecule has 0 aliphatic rings. The van der Waals surface area contributed by atoms with E-state index in [1.165, 1.54) is 0 Å². The quantitative estimate of drug-likeness (QED) is 0.380. The lowest BCUT2D eigenvalue weighted by molar-refractivity contribution is -0.141. The topological polar surface area (TPSA) is 118 Å². The minimum absolute atomic E-state index is 0.115. The van der Waals surface area contributed by atoms with Gasteiger partial charge in [-0.3, -0.25) is 4.79 Å². The highest BCUT2D eigenvalue weighted by atomic mass is 16.4. The molecule has 0 bridgehead atoms. The number of aliphatic carboxylic acids is 1. The van der Waals surface area contributed by atoms with Crippen LogP contribution in [0, 0.1) is 0 Å². The van der Waals surface area contributed by atoms with Crippen LogP contribution in [0.4, 0.5) is 0 Å². The van der Waals surface area contributed by atoms with E-state index in [4.69, 9.17) is 16.6 Å². The third-order valence-electron chi connectivity index (χ3n) is 1.24. The molecule has 0 saturated carbocycles. The normalized spacial score (nSPS) is 12.2. The maximum absolute atomic E-state index is 10.8. The largest absolute Gasteiger partial charge is 0.480 e. The van der Waals surface area contributed by atoms with Crippen LogP contribution >= 0.6 is 0 Å². The highest BCUT2D eigenvalue weighted by molar-refractivity contribution is 5.83. The number of hydrogen-bond acceptors (Lipinski definition) is 4. The average Bonchev–Trinajstić information content (AvgIpc) is 2.00. The number of carbonyl (C=O) groups is 2. The molecule has 0 aliphatic heterocycles. The van der Waals surface area contributed by atoms with Crippen LogP contribution in [-0.4, -0.2) is 36.1 Å². The summed E-state index contributed by atoms with van der Waals surface area (Å²) in [7, 11) is 0. The van der Waals surface area contributed by atoms with Crippen LogP contribution in [0.25, 0.3) is 0 Å². The number of amides is 1. The Morgan fingerprint density at radius 1 is 1.42 bits per heavy atom. The number of nitrogens with one attached hydrogen (secondary N) is 1. The first-order chi connectivity index (χ1) is 5.61. The van der Waals surface area contributed by atoms with Gasteiger partial charge in [-0.2, -0.15) is 0 Å². The van der Waals surface area contributed by atoms with E-state index in [1.54, 1.807) is 0 Å². The van der Waals surface area contributed by atoms with Crippen molar-refractivity contribution in [3.8, 4) is 0 Å². The van der Waals surface area contributed by atoms with Crippen molar-refractivity contribution in [3.05, 3.63) is 0 Å². The highest BCUT2D eigenvalue weighted by Gasteiger charge is 2.16. The molecule has 1 amide bonds. The first-order valence-corrected chi connectivity index (χ1v) is 3.54. The monoisotopic (exact) mass is 175 g/mol. The smallest absolute Gasteiger partial charge is 0.327 e. The second-order valence-electron chi connectivity index (χ2n) is 2.23. The molecule has 6 heteroatoms. The van der Waals surface area contributed by atoms with Crippen LogP contribution in [0.15, 0.2) is 0 Å². The van der Waals surface area contributed by atoms with Gasteiger partial charge < -0.3 is 21.9 Å². The second-order valence-corrected chi connectivity index (χ2v) is 2.23. The van der Waals surface area contributed by atoms with Crippen molar-refractivity contribution >= 4 is 11.9 Å². The molecule has 0 aromatic carbocycles. The molecule has 6 nitrogen and oxygen atoms in total. The third-order valence-corrected chi connectivity index (χ3v) is 1.24. The van der Waals surface area contributed by atoms with Gasteiger partial charge in [0, 0.05) is 19.5 Å². The van der Waals surface area contributed by atoms with Gasteiger partial charge in [0.1, 0.15) is 6.04 Å². The fraction of sp³-hybridized carbons (Fsp3) is 0.667. The molecule has 0 fully saturated rings. The predicted molar refractivity (Wildman–Crippen MR) is 42.3 cm³/mol. The molecule has 0 aliphatic carbocycles. The Morgan fingerprint density at radius 3 is 2.33 bits per heavy atom. The summed E-state index contributed by atoms with van der Waals surface area (Å²) < 4.78 is 0. The van der Waals surface area contributed by atoms with Crippen molar-refractivity contribution in [2.45, 2.75) is 12.5 Å². The number of carboxylic acid groups (broad SMARTS) is 1. The van der Waals surface area contributed by atoms with Crippen LogP contribution in [0.5, 0.6) is 0 Å². The van der Waals surface area contributed by atoms with E-state index in [-0.39, 0.29) is 19.5 Å². The zero-order valence-electron chi connectivity index (χ0n) is 6.62. The highest BCUT2D eigenvalue weighted by Crippen LogP contribution is 1.83. The SMILES string of the molecule is NCCC(=O)N[C@@H](CN)C(=O)O. The van der Waals surface area contributed by atoms with Crippen LogP contribution < -0.4 is 16.8 Å². The van der Waals surface area contributed by atoms with E-state index in [1.807, 2.05) is 0 Å². The average molecular weight is 175 g/mol. The molecule has 0 rings (SSSR count). The molecule has 0 heterocycles. The summed E-state index contributed by atoms with van der Waals surface area (Å²) in [6.45, 7) is 0.0778. The van der Waals surface area contributed by atoms with Crippen molar-refractivity contribution in [1.29, 1.82) is 0 Å². The van der Waals surface area contributed by atoms with Gasteiger partial charge in [-0.05, 0) is 0 Å². The van der Waals surface area contributed by atoms with E-state index in [0.717, 1.165) is 0 Å². The first-order valence-electron chi connectivity index (χ1n) is 3.54. The van der Waals surface area contributed by atoms with Gasteiger partial charge in [0.15, 0.2) is 0 Å². The first kappa shape index (κ1) is 10.9. The zero-order chi connectivity index (χ0) is 9.56. The molecular weight excluding hydrogens is 162 g/mol. The number of carboxylic acids is 1. The van der Waals surface area contributed by atoms with Crippen molar-refractivity contribution in [1.82, 2.24) is 5.32 Å². The Hall–Kier alpha value is -1.14. The summed E-state index contributed by atoms with van der Waals surface area (Å²) in [6.07, 6.45) is 0.115. The minimum Gasteiger partial charge on any atom is -0.480 e. The number of hydrogen-bond donors (Lipinski definition) is 4. The number of rotatable bonds is 5. The summed E-state index contributed by atoms with van der Waals surface area (Å²) in [5.41, 5.74) is 10.2. The molecule has 0 radical (unpaired) electrons. The fourth-order valence-electron chi connectivity index (χ4n) is 0.619. The van der Waals surface area contributed by atoms with Crippen molar-refractivity contribution in [2.75, 3.05) is 13.1 Å². The van der Waals surface area contributed by atoms with Gasteiger partial charge in [0.2, 0.25) is 5.91 Å². The molecule has 0 aromatic rings. The van der Waals surface area contributed by atoms with E-state index < -0.39 is 17.9 Å². The van der Waals surface area contributed by atoms with E-state index in [9.17, 15) is 9.59 Å². The molecule has 0 aromatic heterocycles. The molecule has 6 N–H and O–H groups in total. The zero-order valence-corrected chi connectivity index (χ0v) is 6.62. The maximum atomic E-state index is 10.8. The van der Waals surface area contributed by atoms with Crippen LogP contribution in [0.3, 0.4) is 0 Å². The van der Waals surface area contributed by atoms with Gasteiger partial charge in [0.05, 0.1) is 0 Å². The van der Waals surface area contributed by atoms with Crippen LogP contribution in [0.2, 0.25) is 0 Å². The summed E-state index contributed by atoms with van der Waals surface area (Å²) in [6, 6.07) is -1.01. The van der Waals surface area contributed by atoms with Crippen LogP contribution in [0.1, 0.15) is 6.42 Å². The van der Waals surface area contributed by atoms with Gasteiger partial charge >= 0.3 is 5.97 Å². The number of nitrogens with two attached hydrogens (primary N) is 2. The molecular formula is C6H13N3O3. The lowest BCUT2D eigenvalue weighted by Crippen LogP contribution is -2.46. The third kappa shape index (κ3) is 3.89. The lowest BCUT2D eigenvalue weighted by atomic mass is 10.3. The van der Waals surface area contributed by atoms with Crippen molar-refractivity contribution in [2.24, 2.45) is 11.5 Å². The fourth-order valence-corrected chi connectivity index (χ4v) is 0.619. The Bertz CT molecular complexity index is 171. The summed E-state index contributed by atoms with van der Waals surface area (Å²) in [5, 5.41) is 10.7. The summed E-state index contributed by atoms with van der Waals surface area (Å²) >= 11 is 0. The lowest BCUT2D eigenvalue weighted by Gasteiger charge is -2.10. The predicted octanol–water partition coefficient (Wildman–Crippen LogP) is -2.14. The van der Waals surface area contributed by atoms with Gasteiger partial charge in [0.25, 0.3) is 0 Å². The summed E-state index contributed by atoms with van der Waals surface area (Å²) in [5.74, 6) is -1.53. The van der Waals surface area contributed by atoms with E-state index >= 15 is 0 Å². The van der Waals surface area contributed by atoms with Crippen molar-refractivity contribution < 1.29 is 14.7 Å².